The summed E-state index contributed by atoms with van der Waals surface area (Å²) in [6.07, 6.45) is 8.48. The molecule has 0 fully saturated rings. The monoisotopic (exact) mass is 414 g/mol. The topological polar surface area (TPSA) is 67.3 Å². The Hall–Kier alpha value is -2.98. The van der Waals surface area contributed by atoms with Crippen molar-refractivity contribution >= 4 is 17.0 Å². The molecule has 2 aromatic carbocycles. The highest BCUT2D eigenvalue weighted by Crippen LogP contribution is 2.32. The average molecular weight is 415 g/mol. The van der Waals surface area contributed by atoms with E-state index in [1.54, 1.807) is 0 Å². The minimum absolute atomic E-state index is 0.592. The zero-order valence-electron chi connectivity index (χ0n) is 18.7. The quantitative estimate of drug-likeness (QED) is 0.458. The van der Waals surface area contributed by atoms with Crippen molar-refractivity contribution in [3.63, 3.8) is 0 Å². The second-order valence-corrected chi connectivity index (χ2v) is 8.41. The molecule has 4 nitrogen and oxygen atoms in total. The summed E-state index contributed by atoms with van der Waals surface area (Å²) < 4.78 is 0. The van der Waals surface area contributed by atoms with Gasteiger partial charge in [-0.25, -0.2) is 0 Å². The largest absolute Gasteiger partial charge is 0.399 e. The zero-order chi connectivity index (χ0) is 21.8. The molecule has 2 aromatic rings. The molecule has 0 amide bonds. The number of anilines is 1. The Morgan fingerprint density at radius 2 is 1.77 bits per heavy atom. The van der Waals surface area contributed by atoms with Crippen LogP contribution >= 0.6 is 0 Å². The number of nitrogens with zero attached hydrogens (tertiary/aromatic N) is 1. The standard InChI is InChI=1S/C27H34N4/c1-3-22(4-2)30-15-8-16-31-26-18-21(29)12-14-24(26)23-13-11-20(28)17-25(23)27(31)19-9-6-5-7-10-19/h5-7,9-13,17-18,22,30H,3-4,8,14-16,28-29H2,1-2H3. The van der Waals surface area contributed by atoms with Gasteiger partial charge >= 0.3 is 0 Å². The van der Waals surface area contributed by atoms with E-state index >= 15 is 0 Å². The maximum Gasteiger partial charge on any atom is 0.0564 e. The lowest BCUT2D eigenvalue weighted by Gasteiger charge is -2.36. The molecule has 1 aliphatic carbocycles. The molecule has 0 unspecified atom stereocenters. The molecule has 0 bridgehead atoms. The molecule has 31 heavy (non-hydrogen) atoms. The molecule has 0 radical (unpaired) electrons. The van der Waals surface area contributed by atoms with Crippen molar-refractivity contribution in [2.45, 2.75) is 45.6 Å². The molecule has 5 N–H and O–H groups in total. The van der Waals surface area contributed by atoms with E-state index in [0.29, 0.717) is 6.04 Å². The van der Waals surface area contributed by atoms with Crippen molar-refractivity contribution in [1.82, 2.24) is 10.2 Å². The van der Waals surface area contributed by atoms with Crippen LogP contribution in [-0.4, -0.2) is 24.0 Å². The molecule has 4 rings (SSSR count). The van der Waals surface area contributed by atoms with Gasteiger partial charge in [0, 0.05) is 34.9 Å². The molecule has 0 aromatic heterocycles. The molecule has 0 spiro atoms. The van der Waals surface area contributed by atoms with Gasteiger partial charge in [-0.1, -0.05) is 56.3 Å². The third kappa shape index (κ3) is 4.40. The van der Waals surface area contributed by atoms with Gasteiger partial charge in [-0.2, -0.15) is 0 Å². The highest BCUT2D eigenvalue weighted by atomic mass is 15.2. The Balaban J connectivity index is 1.80. The minimum atomic E-state index is 0.592. The van der Waals surface area contributed by atoms with E-state index in [0.717, 1.165) is 37.3 Å². The Labute approximate surface area is 185 Å². The Bertz CT molecular complexity index is 1110. The summed E-state index contributed by atoms with van der Waals surface area (Å²) in [4.78, 5) is 2.46. The first-order valence-electron chi connectivity index (χ1n) is 11.5. The van der Waals surface area contributed by atoms with Crippen LogP contribution in [0.3, 0.4) is 0 Å². The van der Waals surface area contributed by atoms with Crippen molar-refractivity contribution in [3.8, 4) is 0 Å². The van der Waals surface area contributed by atoms with Gasteiger partial charge in [-0.15, -0.1) is 0 Å². The summed E-state index contributed by atoms with van der Waals surface area (Å²) in [6, 6.07) is 17.5. The second kappa shape index (κ2) is 9.44. The predicted octanol–water partition coefficient (Wildman–Crippen LogP) is 3.19. The Kier molecular flexibility index (Phi) is 6.47. The van der Waals surface area contributed by atoms with Crippen molar-refractivity contribution < 1.29 is 0 Å². The second-order valence-electron chi connectivity index (χ2n) is 8.41. The van der Waals surface area contributed by atoms with E-state index in [1.165, 1.54) is 45.8 Å². The van der Waals surface area contributed by atoms with Gasteiger partial charge in [-0.05, 0) is 66.8 Å². The molecule has 2 aliphatic rings. The van der Waals surface area contributed by atoms with Gasteiger partial charge < -0.3 is 21.7 Å². The van der Waals surface area contributed by atoms with Crippen LogP contribution in [0.2, 0.25) is 0 Å². The summed E-state index contributed by atoms with van der Waals surface area (Å²) in [5.74, 6) is 0. The lowest BCUT2D eigenvalue weighted by atomic mass is 9.91. The maximum atomic E-state index is 6.27. The molecule has 1 heterocycles. The highest BCUT2D eigenvalue weighted by molar-refractivity contribution is 5.79. The number of nitrogen functional groups attached to an aromatic ring is 1. The first-order valence-corrected chi connectivity index (χ1v) is 11.5. The molecule has 0 atom stereocenters. The first-order chi connectivity index (χ1) is 15.1. The molecule has 162 valence electrons. The fourth-order valence-electron chi connectivity index (χ4n) is 4.66. The fourth-order valence-corrected chi connectivity index (χ4v) is 4.66. The van der Waals surface area contributed by atoms with Crippen molar-refractivity contribution in [2.75, 3.05) is 18.8 Å². The molecule has 0 saturated carbocycles. The number of allylic oxidation sites excluding steroid dienone is 3. The van der Waals surface area contributed by atoms with Crippen LogP contribution in [0.1, 0.15) is 45.1 Å². The fraction of sp³-hybridized carbons (Fsp3) is 0.333. The molecule has 4 heteroatoms. The van der Waals surface area contributed by atoms with Crippen molar-refractivity contribution in [3.05, 3.63) is 88.1 Å². The average Bonchev–Trinajstić information content (AvgIpc) is 2.79. The summed E-state index contributed by atoms with van der Waals surface area (Å²) in [5.41, 5.74) is 19.1. The number of nitrogens with one attached hydrogen (secondary N) is 1. The van der Waals surface area contributed by atoms with Gasteiger partial charge in [0.2, 0.25) is 0 Å². The lowest BCUT2D eigenvalue weighted by Crippen LogP contribution is -2.43. The SMILES string of the molecule is CCC(CC)NCCCN1C2=CC(N)=CCC2=c2ccc(N)cc2=C1c1ccccc1. The van der Waals surface area contributed by atoms with Crippen LogP contribution < -0.4 is 27.2 Å². The highest BCUT2D eigenvalue weighted by Gasteiger charge is 2.26. The molecule has 1 aliphatic heterocycles. The van der Waals surface area contributed by atoms with Crippen LogP contribution in [0.15, 0.2) is 72.1 Å². The summed E-state index contributed by atoms with van der Waals surface area (Å²) >= 11 is 0. The van der Waals surface area contributed by atoms with Crippen molar-refractivity contribution in [2.24, 2.45) is 5.73 Å². The number of nitrogens with two attached hydrogens (primary N) is 2. The van der Waals surface area contributed by atoms with Crippen LogP contribution in [0.5, 0.6) is 0 Å². The minimum Gasteiger partial charge on any atom is -0.399 e. The summed E-state index contributed by atoms with van der Waals surface area (Å²) in [6.45, 7) is 6.42. The van der Waals surface area contributed by atoms with E-state index in [-0.39, 0.29) is 0 Å². The van der Waals surface area contributed by atoms with Crippen LogP contribution in [0.4, 0.5) is 5.69 Å². The number of fused-ring (bicyclic) bond motifs is 2. The predicted molar refractivity (Wildman–Crippen MR) is 131 cm³/mol. The van der Waals surface area contributed by atoms with Gasteiger partial charge in [0.1, 0.15) is 0 Å². The van der Waals surface area contributed by atoms with Gasteiger partial charge in [0.05, 0.1) is 5.70 Å². The van der Waals surface area contributed by atoms with Gasteiger partial charge in [-0.3, -0.25) is 0 Å². The maximum absolute atomic E-state index is 6.27. The molecule has 0 saturated heterocycles. The number of hydrogen-bond acceptors (Lipinski definition) is 4. The summed E-state index contributed by atoms with van der Waals surface area (Å²) in [5, 5.41) is 6.17. The normalized spacial score (nSPS) is 15.5. The Morgan fingerprint density at radius 1 is 1.00 bits per heavy atom. The van der Waals surface area contributed by atoms with E-state index in [1.807, 2.05) is 6.07 Å². The smallest absolute Gasteiger partial charge is 0.0564 e. The van der Waals surface area contributed by atoms with Crippen LogP contribution in [0, 0.1) is 0 Å². The van der Waals surface area contributed by atoms with E-state index in [2.05, 4.69) is 78.7 Å². The van der Waals surface area contributed by atoms with Crippen LogP contribution in [0.25, 0.3) is 11.3 Å². The van der Waals surface area contributed by atoms with Crippen molar-refractivity contribution in [1.29, 1.82) is 0 Å². The van der Waals surface area contributed by atoms with E-state index in [4.69, 9.17) is 11.5 Å². The Morgan fingerprint density at radius 3 is 2.52 bits per heavy atom. The zero-order valence-corrected chi connectivity index (χ0v) is 18.7. The molecular formula is C27H34N4. The third-order valence-corrected chi connectivity index (χ3v) is 6.36. The lowest BCUT2D eigenvalue weighted by molar-refractivity contribution is 0.432. The number of benzene rings is 2. The van der Waals surface area contributed by atoms with Gasteiger partial charge in [0.25, 0.3) is 0 Å². The third-order valence-electron chi connectivity index (χ3n) is 6.36. The first kappa shape index (κ1) is 21.3. The molecular weight excluding hydrogens is 380 g/mol. The number of hydrogen-bond donors (Lipinski definition) is 3. The summed E-state index contributed by atoms with van der Waals surface area (Å²) in [7, 11) is 0. The van der Waals surface area contributed by atoms with E-state index < -0.39 is 0 Å². The van der Waals surface area contributed by atoms with Crippen LogP contribution in [-0.2, 0) is 0 Å². The van der Waals surface area contributed by atoms with E-state index in [9.17, 15) is 0 Å². The van der Waals surface area contributed by atoms with Gasteiger partial charge in [0.15, 0.2) is 0 Å². The number of rotatable bonds is 8.